The van der Waals surface area contributed by atoms with Crippen molar-refractivity contribution in [1.29, 1.82) is 0 Å². The molecule has 2 aromatic rings. The molecule has 150 valence electrons. The summed E-state index contributed by atoms with van der Waals surface area (Å²) in [5, 5.41) is 0.742. The van der Waals surface area contributed by atoms with Crippen molar-refractivity contribution in [3.8, 4) is 5.75 Å². The van der Waals surface area contributed by atoms with E-state index in [1.165, 1.54) is 17.0 Å². The number of β-lactam (4-membered cyclic amide) rings is 1. The Hall–Kier alpha value is -1.92. The minimum atomic E-state index is -4.62. The topological polar surface area (TPSA) is 134 Å². The number of likely N-dealkylation sites (tertiary alicyclic amines) is 1. The fourth-order valence-corrected chi connectivity index (χ4v) is 4.62. The van der Waals surface area contributed by atoms with Crippen LogP contribution in [0, 0.1) is 6.92 Å². The number of aryl methyl sites for hydroxylation is 1. The molecule has 2 amide bonds. The normalized spacial score (nSPS) is 20.8. The molecule has 2 aliphatic rings. The number of ether oxygens (including phenoxy) is 1. The summed E-state index contributed by atoms with van der Waals surface area (Å²) in [6.07, 6.45) is 0.252. The van der Waals surface area contributed by atoms with Gasteiger partial charge in [0.15, 0.2) is 6.61 Å². The van der Waals surface area contributed by atoms with E-state index in [0.717, 1.165) is 10.9 Å². The van der Waals surface area contributed by atoms with Crippen LogP contribution in [0.15, 0.2) is 33.5 Å². The van der Waals surface area contributed by atoms with Gasteiger partial charge in [0.2, 0.25) is 0 Å². The average Bonchev–Trinajstić information content (AvgIpc) is 2.96. The van der Waals surface area contributed by atoms with E-state index < -0.39 is 39.8 Å². The Bertz CT molecular complexity index is 1160. The zero-order valence-corrected chi connectivity index (χ0v) is 15.5. The third-order valence-electron chi connectivity index (χ3n) is 4.99. The third-order valence-corrected chi connectivity index (χ3v) is 5.94. The van der Waals surface area contributed by atoms with Crippen LogP contribution in [0.5, 0.6) is 5.75 Å². The number of hydrogen-bond donors (Lipinski definition) is 1. The van der Waals surface area contributed by atoms with Crippen LogP contribution in [0.1, 0.15) is 12.0 Å². The number of amides is 2. The molecular formula is C17H17N2NaO8S. The number of carbonyl (C=O) groups is 2. The minimum absolute atomic E-state index is 0. The Kier molecular flexibility index (Phi) is 5.80. The van der Waals surface area contributed by atoms with E-state index in [2.05, 4.69) is 0 Å². The van der Waals surface area contributed by atoms with Gasteiger partial charge in [0.1, 0.15) is 17.4 Å². The summed E-state index contributed by atoms with van der Waals surface area (Å²) in [7, 11) is -4.62. The summed E-state index contributed by atoms with van der Waals surface area (Å²) >= 11 is 0. The Labute approximate surface area is 187 Å². The summed E-state index contributed by atoms with van der Waals surface area (Å²) in [5.74, 6) is -1.01. The van der Waals surface area contributed by atoms with E-state index in [1.54, 1.807) is 19.1 Å². The van der Waals surface area contributed by atoms with Gasteiger partial charge in [-0.05, 0) is 31.0 Å². The van der Waals surface area contributed by atoms with E-state index in [0.29, 0.717) is 15.6 Å². The van der Waals surface area contributed by atoms with Gasteiger partial charge < -0.3 is 14.1 Å². The van der Waals surface area contributed by atoms with Gasteiger partial charge in [0.05, 0.1) is 6.04 Å². The van der Waals surface area contributed by atoms with Gasteiger partial charge in [0.25, 0.3) is 11.8 Å². The molecule has 1 N–H and O–H groups in total. The second-order valence-corrected chi connectivity index (χ2v) is 7.98. The summed E-state index contributed by atoms with van der Waals surface area (Å²) in [5.41, 5.74) is 0.589. The van der Waals surface area contributed by atoms with Crippen LogP contribution in [0.3, 0.4) is 0 Å². The molecule has 2 fully saturated rings. The predicted octanol–water partition coefficient (Wildman–Crippen LogP) is -0.554. The van der Waals surface area contributed by atoms with Crippen molar-refractivity contribution in [1.82, 2.24) is 9.21 Å². The Morgan fingerprint density at radius 3 is 2.72 bits per heavy atom. The fourth-order valence-electron chi connectivity index (χ4n) is 3.72. The van der Waals surface area contributed by atoms with Gasteiger partial charge in [-0.25, -0.2) is 9.10 Å². The first-order valence-electron chi connectivity index (χ1n) is 8.44. The number of rotatable bonds is 4. The average molecular weight is 432 g/mol. The van der Waals surface area contributed by atoms with Crippen molar-refractivity contribution >= 4 is 62.6 Å². The molecule has 0 radical (unpaired) electrons. The second kappa shape index (κ2) is 7.73. The van der Waals surface area contributed by atoms with Gasteiger partial charge in [-0.2, -0.15) is 8.42 Å². The van der Waals surface area contributed by atoms with Crippen LogP contribution >= 0.6 is 0 Å². The molecule has 1 aromatic carbocycles. The predicted molar refractivity (Wildman–Crippen MR) is 102 cm³/mol. The molecule has 0 aliphatic carbocycles. The molecule has 0 saturated carbocycles. The zero-order chi connectivity index (χ0) is 20.2. The molecule has 29 heavy (non-hydrogen) atoms. The second-order valence-electron chi connectivity index (χ2n) is 6.69. The van der Waals surface area contributed by atoms with Crippen LogP contribution in [-0.4, -0.2) is 88.8 Å². The van der Waals surface area contributed by atoms with Crippen LogP contribution in [0.4, 0.5) is 0 Å². The number of fused-ring (bicyclic) bond motifs is 2. The molecule has 0 unspecified atom stereocenters. The summed E-state index contributed by atoms with van der Waals surface area (Å²) in [6.45, 7) is 1.59. The van der Waals surface area contributed by atoms with E-state index >= 15 is 0 Å². The molecule has 2 saturated heterocycles. The van der Waals surface area contributed by atoms with Crippen LogP contribution < -0.4 is 10.4 Å². The number of carbonyl (C=O) groups excluding carboxylic acids is 2. The monoisotopic (exact) mass is 432 g/mol. The van der Waals surface area contributed by atoms with Crippen molar-refractivity contribution in [2.24, 2.45) is 0 Å². The first-order valence-corrected chi connectivity index (χ1v) is 9.84. The Morgan fingerprint density at radius 1 is 1.31 bits per heavy atom. The number of hydrogen-bond acceptors (Lipinski definition) is 7. The number of benzene rings is 1. The molecule has 1 aromatic heterocycles. The van der Waals surface area contributed by atoms with Gasteiger partial charge in [0, 0.05) is 24.1 Å². The van der Waals surface area contributed by atoms with Gasteiger partial charge >= 0.3 is 45.5 Å². The van der Waals surface area contributed by atoms with Crippen LogP contribution in [0.25, 0.3) is 11.0 Å². The van der Waals surface area contributed by atoms with E-state index in [9.17, 15) is 22.8 Å². The Balaban J connectivity index is 0.00000240. The Morgan fingerprint density at radius 2 is 2.03 bits per heavy atom. The third kappa shape index (κ3) is 3.80. The van der Waals surface area contributed by atoms with E-state index in [1.807, 2.05) is 0 Å². The van der Waals surface area contributed by atoms with Crippen molar-refractivity contribution in [3.05, 3.63) is 40.2 Å². The number of nitrogens with zero attached hydrogens (tertiary/aromatic N) is 2. The first kappa shape index (κ1) is 21.8. The molecule has 3 heterocycles. The van der Waals surface area contributed by atoms with Crippen molar-refractivity contribution in [2.75, 3.05) is 13.2 Å². The van der Waals surface area contributed by atoms with E-state index in [-0.39, 0.29) is 49.1 Å². The maximum absolute atomic E-state index is 12.4. The first-order chi connectivity index (χ1) is 13.2. The molecule has 2 aliphatic heterocycles. The molecular weight excluding hydrogens is 415 g/mol. The summed E-state index contributed by atoms with van der Waals surface area (Å²) in [4.78, 5) is 37.2. The molecule has 12 heteroatoms. The zero-order valence-electron chi connectivity index (χ0n) is 14.7. The van der Waals surface area contributed by atoms with Crippen molar-refractivity contribution in [3.63, 3.8) is 0 Å². The van der Waals surface area contributed by atoms with Gasteiger partial charge in [-0.15, -0.1) is 0 Å². The van der Waals surface area contributed by atoms with Crippen molar-refractivity contribution in [2.45, 2.75) is 25.4 Å². The summed E-state index contributed by atoms with van der Waals surface area (Å²) in [6, 6.07) is 4.56. The molecule has 4 rings (SSSR count). The SMILES string of the molecule is Cc1cc(=O)oc2cc(OCC(=O)N3CC[C@@H]4[C@H]3C(=O)N4S(=O)(=O)O)ccc12.[NaH]. The fraction of sp³-hybridized carbons (Fsp3) is 0.353. The summed E-state index contributed by atoms with van der Waals surface area (Å²) < 4.78 is 42.5. The van der Waals surface area contributed by atoms with Crippen molar-refractivity contribution < 1.29 is 31.7 Å². The quantitative estimate of drug-likeness (QED) is 0.294. The molecule has 10 nitrogen and oxygen atoms in total. The maximum atomic E-state index is 12.4. The van der Waals surface area contributed by atoms with Crippen LogP contribution in [0.2, 0.25) is 0 Å². The van der Waals surface area contributed by atoms with Gasteiger partial charge in [-0.1, -0.05) is 0 Å². The molecule has 2 atom stereocenters. The molecule has 0 spiro atoms. The molecule has 0 bridgehead atoms. The van der Waals surface area contributed by atoms with E-state index in [4.69, 9.17) is 13.7 Å². The van der Waals surface area contributed by atoms with Gasteiger partial charge in [-0.3, -0.25) is 14.1 Å². The standard InChI is InChI=1S/C17H16N2O8S.Na.H/c1-9-6-15(21)27-13-7-10(2-3-11(9)13)26-8-14(20)18-5-4-12-16(18)17(22)19(12)28(23,24)25;;/h2-3,6-7,12,16H,4-5,8H2,1H3,(H,23,24,25);;/t12-,16+;;/m1../s1. The van der Waals surface area contributed by atoms with Crippen LogP contribution in [-0.2, 0) is 19.9 Å².